The van der Waals surface area contributed by atoms with Gasteiger partial charge in [-0.3, -0.25) is 0 Å². The van der Waals surface area contributed by atoms with Crippen LogP contribution in [0.5, 0.6) is 0 Å². The third-order valence-electron chi connectivity index (χ3n) is 0.900. The first-order valence-electron chi connectivity index (χ1n) is 2.85. The van der Waals surface area contributed by atoms with Crippen LogP contribution in [0.2, 0.25) is 13.6 Å². The molecular formula is C6H11BO. The van der Waals surface area contributed by atoms with Crippen molar-refractivity contribution in [2.24, 2.45) is 0 Å². The molecular weight excluding hydrogens is 98.9 g/mol. The van der Waals surface area contributed by atoms with Crippen LogP contribution in [-0.2, 0) is 4.79 Å². The summed E-state index contributed by atoms with van der Waals surface area (Å²) < 4.78 is 0. The molecule has 0 aromatic rings. The highest BCUT2D eigenvalue weighted by molar-refractivity contribution is 6.90. The van der Waals surface area contributed by atoms with Gasteiger partial charge in [0.2, 0.25) is 6.71 Å². The van der Waals surface area contributed by atoms with Crippen LogP contribution in [0, 0.1) is 0 Å². The molecule has 0 heterocycles. The van der Waals surface area contributed by atoms with Crippen LogP contribution in [0.3, 0.4) is 0 Å². The zero-order valence-electron chi connectivity index (χ0n) is 5.64. The van der Waals surface area contributed by atoms with E-state index < -0.39 is 0 Å². The van der Waals surface area contributed by atoms with Gasteiger partial charge in [-0.05, 0) is 13.0 Å². The highest BCUT2D eigenvalue weighted by atomic mass is 16.1. The first-order valence-corrected chi connectivity index (χ1v) is 2.85. The molecule has 0 saturated heterocycles. The molecule has 0 spiro atoms. The van der Waals surface area contributed by atoms with Crippen LogP contribution in [0.15, 0.2) is 12.2 Å². The van der Waals surface area contributed by atoms with Crippen molar-refractivity contribution in [2.45, 2.75) is 20.6 Å². The van der Waals surface area contributed by atoms with E-state index in [1.807, 2.05) is 20.6 Å². The molecule has 0 radical (unpaired) electrons. The summed E-state index contributed by atoms with van der Waals surface area (Å²) in [6, 6.07) is 0. The van der Waals surface area contributed by atoms with Crippen LogP contribution in [0.1, 0.15) is 6.92 Å². The molecule has 0 amide bonds. The van der Waals surface area contributed by atoms with Gasteiger partial charge in [0.25, 0.3) is 0 Å². The Balaban J connectivity index is 3.66. The van der Waals surface area contributed by atoms with Crippen molar-refractivity contribution in [1.29, 1.82) is 0 Å². The van der Waals surface area contributed by atoms with Gasteiger partial charge in [-0.15, -0.1) is 0 Å². The number of carbonyl (C=O) groups excluding carboxylic acids is 1. The second-order valence-corrected chi connectivity index (χ2v) is 2.06. The lowest BCUT2D eigenvalue weighted by atomic mass is 9.51. The monoisotopic (exact) mass is 110 g/mol. The minimum absolute atomic E-state index is 0.145. The van der Waals surface area contributed by atoms with Crippen LogP contribution in [-0.4, -0.2) is 12.4 Å². The van der Waals surface area contributed by atoms with Gasteiger partial charge in [0.15, 0.2) is 0 Å². The zero-order chi connectivity index (χ0) is 6.57. The average Bonchev–Trinajstić information content (AvgIpc) is 1.67. The number of hydrogen-bond donors (Lipinski definition) is 0. The third kappa shape index (κ3) is 2.62. The summed E-state index contributed by atoms with van der Waals surface area (Å²) in [5, 5.41) is 0. The molecule has 0 aliphatic carbocycles. The molecule has 44 valence electrons. The van der Waals surface area contributed by atoms with Crippen LogP contribution >= 0.6 is 0 Å². The molecule has 8 heavy (non-hydrogen) atoms. The van der Waals surface area contributed by atoms with Gasteiger partial charge in [-0.2, -0.15) is 0 Å². The zero-order valence-corrected chi connectivity index (χ0v) is 5.64. The molecule has 0 aliphatic heterocycles. The third-order valence-corrected chi connectivity index (χ3v) is 0.900. The van der Waals surface area contributed by atoms with E-state index in [1.165, 1.54) is 0 Å². The Morgan fingerprint density at radius 3 is 2.12 bits per heavy atom. The quantitative estimate of drug-likeness (QED) is 0.388. The van der Waals surface area contributed by atoms with Crippen molar-refractivity contribution in [3.8, 4) is 0 Å². The molecule has 0 aromatic carbocycles. The topological polar surface area (TPSA) is 17.1 Å². The van der Waals surface area contributed by atoms with Crippen LogP contribution in [0.4, 0.5) is 0 Å². The number of hydrogen-bond acceptors (Lipinski definition) is 1. The number of rotatable bonds is 2. The van der Waals surface area contributed by atoms with Gasteiger partial charge in [0, 0.05) is 0 Å². The first-order chi connectivity index (χ1) is 3.68. The molecule has 1 nitrogen and oxygen atoms in total. The largest absolute Gasteiger partial charge is 0.306 e. The Kier molecular flexibility index (Phi) is 3.25. The SMILES string of the molecule is C/C=C/C(=O)B(C)C. The van der Waals surface area contributed by atoms with Crippen molar-refractivity contribution < 1.29 is 4.79 Å². The lowest BCUT2D eigenvalue weighted by Crippen LogP contribution is -2.13. The fourth-order valence-corrected chi connectivity index (χ4v) is 0.357. The molecule has 0 bridgehead atoms. The molecule has 0 aliphatic rings. The minimum atomic E-state index is 0.145. The van der Waals surface area contributed by atoms with Crippen LogP contribution < -0.4 is 0 Å². The molecule has 0 rings (SSSR count). The molecule has 2 heteroatoms. The van der Waals surface area contributed by atoms with E-state index in [0.29, 0.717) is 0 Å². The van der Waals surface area contributed by atoms with Gasteiger partial charge in [0.05, 0.1) is 0 Å². The van der Waals surface area contributed by atoms with E-state index in [2.05, 4.69) is 0 Å². The summed E-state index contributed by atoms with van der Waals surface area (Å²) in [6.45, 7) is 5.77. The lowest BCUT2D eigenvalue weighted by molar-refractivity contribution is -0.108. The van der Waals surface area contributed by atoms with E-state index in [-0.39, 0.29) is 12.4 Å². The fraction of sp³-hybridized carbons (Fsp3) is 0.500. The summed E-state index contributed by atoms with van der Waals surface area (Å²) >= 11 is 0. The normalized spacial score (nSPS) is 9.88. The van der Waals surface area contributed by atoms with Gasteiger partial charge in [0.1, 0.15) is 5.68 Å². The summed E-state index contributed by atoms with van der Waals surface area (Å²) in [4.78, 5) is 10.7. The fourth-order valence-electron chi connectivity index (χ4n) is 0.357. The number of allylic oxidation sites excluding steroid dienone is 2. The summed E-state index contributed by atoms with van der Waals surface area (Å²) in [5.74, 6) is 0. The van der Waals surface area contributed by atoms with Crippen molar-refractivity contribution in [3.63, 3.8) is 0 Å². The average molecular weight is 110 g/mol. The maximum atomic E-state index is 10.7. The Morgan fingerprint density at radius 2 is 2.00 bits per heavy atom. The summed E-state index contributed by atoms with van der Waals surface area (Å²) in [7, 11) is 0. The summed E-state index contributed by atoms with van der Waals surface area (Å²) in [5.41, 5.74) is 0.201. The standard InChI is InChI=1S/C6H11BO/c1-4-5-6(8)7(2)3/h4-5H,1-3H3/b5-4+. The lowest BCUT2D eigenvalue weighted by Gasteiger charge is -1.89. The molecule has 0 saturated carbocycles. The Hall–Kier alpha value is -0.525. The second-order valence-electron chi connectivity index (χ2n) is 2.06. The van der Waals surface area contributed by atoms with E-state index in [4.69, 9.17) is 0 Å². The Morgan fingerprint density at radius 1 is 1.50 bits per heavy atom. The van der Waals surface area contributed by atoms with E-state index >= 15 is 0 Å². The molecule has 0 atom stereocenters. The molecule has 0 unspecified atom stereocenters. The highest BCUT2D eigenvalue weighted by Gasteiger charge is 2.04. The molecule has 0 fully saturated rings. The first kappa shape index (κ1) is 7.47. The van der Waals surface area contributed by atoms with Crippen molar-refractivity contribution >= 4 is 12.4 Å². The van der Waals surface area contributed by atoms with Crippen molar-refractivity contribution in [2.75, 3.05) is 0 Å². The van der Waals surface area contributed by atoms with E-state index in [0.717, 1.165) is 0 Å². The van der Waals surface area contributed by atoms with Gasteiger partial charge < -0.3 is 4.79 Å². The van der Waals surface area contributed by atoms with Crippen molar-refractivity contribution in [3.05, 3.63) is 12.2 Å². The highest BCUT2D eigenvalue weighted by Crippen LogP contribution is 1.83. The predicted molar refractivity (Wildman–Crippen MR) is 37.3 cm³/mol. The van der Waals surface area contributed by atoms with Crippen LogP contribution in [0.25, 0.3) is 0 Å². The molecule has 0 aromatic heterocycles. The Bertz CT molecular complexity index is 105. The number of carbonyl (C=O) groups is 1. The second kappa shape index (κ2) is 3.47. The van der Waals surface area contributed by atoms with Crippen molar-refractivity contribution in [1.82, 2.24) is 0 Å². The summed E-state index contributed by atoms with van der Waals surface area (Å²) in [6.07, 6.45) is 3.37. The Labute approximate surface area is 50.9 Å². The molecule has 0 N–H and O–H groups in total. The van der Waals surface area contributed by atoms with Gasteiger partial charge in [-0.25, -0.2) is 0 Å². The van der Waals surface area contributed by atoms with E-state index in [9.17, 15) is 4.79 Å². The smallest absolute Gasteiger partial charge is 0.222 e. The maximum absolute atomic E-state index is 10.7. The minimum Gasteiger partial charge on any atom is -0.306 e. The maximum Gasteiger partial charge on any atom is 0.222 e. The van der Waals surface area contributed by atoms with Gasteiger partial charge in [-0.1, -0.05) is 19.7 Å². The van der Waals surface area contributed by atoms with E-state index in [1.54, 1.807) is 12.2 Å². The predicted octanol–water partition coefficient (Wildman–Crippen LogP) is 1.43. The van der Waals surface area contributed by atoms with Gasteiger partial charge >= 0.3 is 0 Å².